The first-order valence-electron chi connectivity index (χ1n) is 7.76. The Bertz CT molecular complexity index is 533. The Kier molecular flexibility index (Phi) is 5.15. The minimum absolute atomic E-state index is 0.0985. The number of aromatic nitrogens is 2. The third kappa shape index (κ3) is 4.54. The van der Waals surface area contributed by atoms with Gasteiger partial charge in [-0.15, -0.1) is 0 Å². The summed E-state index contributed by atoms with van der Waals surface area (Å²) in [5.41, 5.74) is -0.178. The van der Waals surface area contributed by atoms with Gasteiger partial charge in [-0.2, -0.15) is 4.98 Å². The molecule has 1 fully saturated rings. The van der Waals surface area contributed by atoms with Gasteiger partial charge >= 0.3 is 0 Å². The average molecular weight is 308 g/mol. The van der Waals surface area contributed by atoms with Gasteiger partial charge in [0.25, 0.3) is 0 Å². The van der Waals surface area contributed by atoms with Crippen molar-refractivity contribution in [2.45, 2.75) is 64.3 Å². The van der Waals surface area contributed by atoms with Crippen molar-refractivity contribution in [3.05, 3.63) is 11.7 Å². The lowest BCUT2D eigenvalue weighted by Gasteiger charge is -2.14. The summed E-state index contributed by atoms with van der Waals surface area (Å²) in [6.45, 7) is 6.68. The predicted molar refractivity (Wildman–Crippen MR) is 80.1 cm³/mol. The quantitative estimate of drug-likeness (QED) is 0.867. The van der Waals surface area contributed by atoms with Gasteiger partial charge in [-0.1, -0.05) is 25.9 Å². The maximum atomic E-state index is 12.0. The highest BCUT2D eigenvalue weighted by molar-refractivity contribution is 5.87. The van der Waals surface area contributed by atoms with E-state index >= 15 is 0 Å². The van der Waals surface area contributed by atoms with Crippen LogP contribution in [0.25, 0.3) is 0 Å². The molecule has 2 heterocycles. The lowest BCUT2D eigenvalue weighted by Crippen LogP contribution is -2.45. The molecular weight excluding hydrogens is 284 g/mol. The average Bonchev–Trinajstić information content (AvgIpc) is 2.84. The van der Waals surface area contributed by atoms with Crippen LogP contribution in [0, 0.1) is 0 Å². The summed E-state index contributed by atoms with van der Waals surface area (Å²) in [6.07, 6.45) is 3.18. The van der Waals surface area contributed by atoms with Gasteiger partial charge in [0.2, 0.25) is 17.7 Å². The first-order valence-corrected chi connectivity index (χ1v) is 7.76. The van der Waals surface area contributed by atoms with E-state index in [1.807, 2.05) is 20.8 Å². The van der Waals surface area contributed by atoms with Crippen LogP contribution in [-0.4, -0.2) is 34.5 Å². The van der Waals surface area contributed by atoms with Crippen LogP contribution in [0.1, 0.15) is 58.2 Å². The molecule has 1 aromatic heterocycles. The van der Waals surface area contributed by atoms with E-state index in [-0.39, 0.29) is 23.7 Å². The number of hydrogen-bond donors (Lipinski definition) is 2. The summed E-state index contributed by atoms with van der Waals surface area (Å²) in [6, 6.07) is -0.428. The number of hydrogen-bond acceptors (Lipinski definition) is 5. The minimum Gasteiger partial charge on any atom is -0.354 e. The van der Waals surface area contributed by atoms with Crippen molar-refractivity contribution >= 4 is 11.8 Å². The van der Waals surface area contributed by atoms with E-state index in [1.54, 1.807) is 0 Å². The Hall–Kier alpha value is -1.92. The smallest absolute Gasteiger partial charge is 0.242 e. The first kappa shape index (κ1) is 16.5. The monoisotopic (exact) mass is 308 g/mol. The van der Waals surface area contributed by atoms with Gasteiger partial charge in [0.1, 0.15) is 6.04 Å². The molecule has 22 heavy (non-hydrogen) atoms. The largest absolute Gasteiger partial charge is 0.354 e. The molecule has 1 aromatic rings. The molecule has 0 radical (unpaired) electrons. The topological polar surface area (TPSA) is 97.1 Å². The van der Waals surface area contributed by atoms with Crippen LogP contribution in [0.3, 0.4) is 0 Å². The Morgan fingerprint density at radius 2 is 2.18 bits per heavy atom. The van der Waals surface area contributed by atoms with Crippen molar-refractivity contribution in [3.8, 4) is 0 Å². The van der Waals surface area contributed by atoms with Crippen LogP contribution >= 0.6 is 0 Å². The lowest BCUT2D eigenvalue weighted by molar-refractivity contribution is -0.128. The number of carbonyl (C=O) groups excluding carboxylic acids is 2. The second-order valence-electron chi connectivity index (χ2n) is 6.67. The predicted octanol–water partition coefficient (Wildman–Crippen LogP) is 1.08. The molecule has 2 N–H and O–H groups in total. The summed E-state index contributed by atoms with van der Waals surface area (Å²) in [5.74, 6) is 0.813. The van der Waals surface area contributed by atoms with Crippen molar-refractivity contribution in [2.24, 2.45) is 0 Å². The van der Waals surface area contributed by atoms with E-state index in [0.29, 0.717) is 31.1 Å². The van der Waals surface area contributed by atoms with Gasteiger partial charge in [-0.3, -0.25) is 9.59 Å². The molecule has 0 saturated carbocycles. The van der Waals surface area contributed by atoms with Gasteiger partial charge in [-0.25, -0.2) is 0 Å². The molecule has 122 valence electrons. The van der Waals surface area contributed by atoms with Gasteiger partial charge in [0.15, 0.2) is 5.82 Å². The summed E-state index contributed by atoms with van der Waals surface area (Å²) < 4.78 is 5.15. The van der Waals surface area contributed by atoms with E-state index in [1.165, 1.54) is 0 Å². The van der Waals surface area contributed by atoms with E-state index in [0.717, 1.165) is 12.8 Å². The number of rotatable bonds is 4. The van der Waals surface area contributed by atoms with E-state index in [9.17, 15) is 9.59 Å². The van der Waals surface area contributed by atoms with Crippen molar-refractivity contribution in [3.63, 3.8) is 0 Å². The fourth-order valence-corrected chi connectivity index (χ4v) is 2.23. The Morgan fingerprint density at radius 1 is 1.41 bits per heavy atom. The maximum Gasteiger partial charge on any atom is 0.242 e. The number of nitrogens with zero attached hydrogens (tertiary/aromatic N) is 2. The normalized spacial score (nSPS) is 19.4. The molecule has 1 saturated heterocycles. The van der Waals surface area contributed by atoms with Crippen molar-refractivity contribution in [1.29, 1.82) is 0 Å². The van der Waals surface area contributed by atoms with Gasteiger partial charge in [0, 0.05) is 24.8 Å². The van der Waals surface area contributed by atoms with E-state index in [4.69, 9.17) is 4.52 Å². The second kappa shape index (κ2) is 6.89. The molecule has 1 atom stereocenters. The number of aryl methyl sites for hydroxylation is 1. The van der Waals surface area contributed by atoms with Crippen LogP contribution in [0.5, 0.6) is 0 Å². The highest BCUT2D eigenvalue weighted by Gasteiger charge is 2.23. The molecule has 1 aliphatic heterocycles. The fourth-order valence-electron chi connectivity index (χ4n) is 2.23. The molecule has 7 nitrogen and oxygen atoms in total. The molecule has 0 aliphatic carbocycles. The minimum atomic E-state index is -0.428. The van der Waals surface area contributed by atoms with Gasteiger partial charge in [0.05, 0.1) is 0 Å². The maximum absolute atomic E-state index is 12.0. The molecule has 2 amide bonds. The molecule has 0 aromatic carbocycles. The van der Waals surface area contributed by atoms with Crippen molar-refractivity contribution in [1.82, 2.24) is 20.8 Å². The summed E-state index contributed by atoms with van der Waals surface area (Å²) in [4.78, 5) is 28.0. The van der Waals surface area contributed by atoms with Crippen LogP contribution in [-0.2, 0) is 21.4 Å². The number of amides is 2. The molecule has 7 heteroatoms. The lowest BCUT2D eigenvalue weighted by atomic mass is 9.96. The zero-order chi connectivity index (χ0) is 16.2. The van der Waals surface area contributed by atoms with Crippen molar-refractivity contribution < 1.29 is 14.1 Å². The zero-order valence-electron chi connectivity index (χ0n) is 13.4. The summed E-state index contributed by atoms with van der Waals surface area (Å²) in [7, 11) is 0. The third-order valence-electron chi connectivity index (χ3n) is 3.58. The third-order valence-corrected chi connectivity index (χ3v) is 3.58. The fraction of sp³-hybridized carbons (Fsp3) is 0.733. The molecule has 0 unspecified atom stereocenters. The second-order valence-corrected chi connectivity index (χ2v) is 6.67. The first-order chi connectivity index (χ1) is 10.4. The van der Waals surface area contributed by atoms with Crippen molar-refractivity contribution in [2.75, 3.05) is 6.54 Å². The highest BCUT2D eigenvalue weighted by Crippen LogP contribution is 2.18. The van der Waals surface area contributed by atoms with E-state index < -0.39 is 6.04 Å². The highest BCUT2D eigenvalue weighted by atomic mass is 16.5. The number of nitrogens with one attached hydrogen (secondary N) is 2. The number of carbonyl (C=O) groups is 2. The van der Waals surface area contributed by atoms with Gasteiger partial charge in [-0.05, 0) is 19.3 Å². The van der Waals surface area contributed by atoms with Gasteiger partial charge < -0.3 is 15.2 Å². The SMILES string of the molecule is CC(C)(C)c1noc(CCC(=O)N[C@H]2CCCCNC2=O)n1. The summed E-state index contributed by atoms with van der Waals surface area (Å²) >= 11 is 0. The molecular formula is C15H24N4O3. The standard InChI is InChI=1S/C15H24N4O3/c1-15(2,3)14-18-12(22-19-14)8-7-11(20)17-10-6-4-5-9-16-13(10)21/h10H,4-9H2,1-3H3,(H,16,21)(H,17,20)/t10-/m0/s1. The van der Waals surface area contributed by atoms with E-state index in [2.05, 4.69) is 20.8 Å². The van der Waals surface area contributed by atoms with Crippen LogP contribution in [0.4, 0.5) is 0 Å². The molecule has 0 bridgehead atoms. The Morgan fingerprint density at radius 3 is 2.86 bits per heavy atom. The van der Waals surface area contributed by atoms with Crippen LogP contribution in [0.15, 0.2) is 4.52 Å². The molecule has 2 rings (SSSR count). The van der Waals surface area contributed by atoms with Crippen LogP contribution < -0.4 is 10.6 Å². The zero-order valence-corrected chi connectivity index (χ0v) is 13.4. The molecule has 1 aliphatic rings. The molecule has 0 spiro atoms. The Labute approximate surface area is 130 Å². The van der Waals surface area contributed by atoms with Crippen LogP contribution in [0.2, 0.25) is 0 Å². The Balaban J connectivity index is 1.82. The summed E-state index contributed by atoms with van der Waals surface area (Å²) in [5, 5.41) is 9.50.